The molecule has 3 rings (SSSR count). The summed E-state index contributed by atoms with van der Waals surface area (Å²) in [4.78, 5) is 14.1. The number of hydrogen-bond acceptors (Lipinski definition) is 5. The van der Waals surface area contributed by atoms with Gasteiger partial charge in [-0.3, -0.25) is 4.79 Å². The van der Waals surface area contributed by atoms with E-state index >= 15 is 0 Å². The minimum Gasteiger partial charge on any atom is -0.496 e. The number of amides is 1. The molecule has 8 heteroatoms. The second-order valence-corrected chi connectivity index (χ2v) is 9.16. The van der Waals surface area contributed by atoms with Crippen LogP contribution in [0.15, 0.2) is 18.2 Å². The van der Waals surface area contributed by atoms with E-state index in [1.54, 1.807) is 12.0 Å². The summed E-state index contributed by atoms with van der Waals surface area (Å²) < 4.78 is 47.6. The molecule has 2 saturated heterocycles. The number of carbonyl (C=O) groups is 1. The van der Waals surface area contributed by atoms with E-state index in [9.17, 15) is 17.6 Å². The smallest absolute Gasteiger partial charge is 0.227 e. The molecule has 2 fully saturated rings. The Morgan fingerprint density at radius 2 is 2.08 bits per heavy atom. The molecule has 1 spiro atoms. The average molecular weight is 371 g/mol. The van der Waals surface area contributed by atoms with Gasteiger partial charge in [-0.1, -0.05) is 6.07 Å². The SMILES string of the molecule is COC[C@H]1CCS(=O)(=O)C12CN(C(=O)Cc1ccc(F)cc1OC)C2. The lowest BCUT2D eigenvalue weighted by Crippen LogP contribution is -2.69. The fraction of sp³-hybridized carbons (Fsp3) is 0.588. The lowest BCUT2D eigenvalue weighted by Gasteiger charge is -2.49. The summed E-state index contributed by atoms with van der Waals surface area (Å²) in [5.74, 6) is -0.236. The van der Waals surface area contributed by atoms with Crippen molar-refractivity contribution in [1.82, 2.24) is 4.90 Å². The molecule has 2 heterocycles. The Hall–Kier alpha value is -1.67. The first-order valence-corrected chi connectivity index (χ1v) is 9.79. The van der Waals surface area contributed by atoms with Crippen molar-refractivity contribution >= 4 is 15.7 Å². The van der Waals surface area contributed by atoms with Crippen LogP contribution < -0.4 is 4.74 Å². The van der Waals surface area contributed by atoms with Gasteiger partial charge < -0.3 is 14.4 Å². The minimum atomic E-state index is -3.23. The molecule has 6 nitrogen and oxygen atoms in total. The summed E-state index contributed by atoms with van der Waals surface area (Å²) in [6, 6.07) is 4.02. The van der Waals surface area contributed by atoms with Crippen molar-refractivity contribution in [3.8, 4) is 5.75 Å². The van der Waals surface area contributed by atoms with Crippen molar-refractivity contribution < 1.29 is 27.1 Å². The molecule has 0 aliphatic carbocycles. The van der Waals surface area contributed by atoms with Gasteiger partial charge in [0.1, 0.15) is 16.3 Å². The third-order valence-electron chi connectivity index (χ3n) is 5.33. The Bertz CT molecular complexity index is 773. The number of sulfone groups is 1. The molecular formula is C17H22FNO5S. The van der Waals surface area contributed by atoms with E-state index in [1.165, 1.54) is 25.3 Å². The third kappa shape index (κ3) is 3.01. The van der Waals surface area contributed by atoms with Gasteiger partial charge in [-0.05, 0) is 12.5 Å². The van der Waals surface area contributed by atoms with Gasteiger partial charge in [0, 0.05) is 37.7 Å². The summed E-state index contributed by atoms with van der Waals surface area (Å²) in [6.45, 7) is 0.782. The Labute approximate surface area is 146 Å². The standard InChI is InChI=1S/C17H22FNO5S/c1-23-9-13-5-6-25(21,22)17(13)10-19(11-17)16(20)7-12-3-4-14(18)8-15(12)24-2/h3-4,8,13H,5-7,9-11H2,1-2H3/t13-/m1/s1. The largest absolute Gasteiger partial charge is 0.496 e. The monoisotopic (exact) mass is 371 g/mol. The summed E-state index contributed by atoms with van der Waals surface area (Å²) in [5, 5.41) is 0. The maximum atomic E-state index is 13.3. The van der Waals surface area contributed by atoms with Gasteiger partial charge in [0.2, 0.25) is 5.91 Å². The highest BCUT2D eigenvalue weighted by atomic mass is 32.2. The van der Waals surface area contributed by atoms with Gasteiger partial charge >= 0.3 is 0 Å². The van der Waals surface area contributed by atoms with Crippen LogP contribution in [-0.2, 0) is 25.8 Å². The fourth-order valence-electron chi connectivity index (χ4n) is 3.82. The normalized spacial score (nSPS) is 23.5. The van der Waals surface area contributed by atoms with Gasteiger partial charge in [0.05, 0.1) is 25.9 Å². The van der Waals surface area contributed by atoms with Crippen LogP contribution in [0.2, 0.25) is 0 Å². The molecule has 138 valence electrons. The summed E-state index contributed by atoms with van der Waals surface area (Å²) >= 11 is 0. The molecule has 0 aromatic heterocycles. The van der Waals surface area contributed by atoms with Crippen LogP contribution >= 0.6 is 0 Å². The highest BCUT2D eigenvalue weighted by molar-refractivity contribution is 7.93. The third-order valence-corrected chi connectivity index (χ3v) is 7.93. The minimum absolute atomic E-state index is 0.0501. The molecule has 1 aromatic rings. The molecule has 1 atom stereocenters. The summed E-state index contributed by atoms with van der Waals surface area (Å²) in [5.41, 5.74) is 0.581. The molecule has 0 unspecified atom stereocenters. The Morgan fingerprint density at radius 3 is 2.72 bits per heavy atom. The molecule has 1 amide bonds. The van der Waals surface area contributed by atoms with E-state index in [2.05, 4.69) is 0 Å². The molecule has 25 heavy (non-hydrogen) atoms. The predicted octanol–water partition coefficient (Wildman–Crippen LogP) is 1.04. The zero-order valence-corrected chi connectivity index (χ0v) is 15.1. The van der Waals surface area contributed by atoms with Crippen LogP contribution in [0.4, 0.5) is 4.39 Å². The summed E-state index contributed by atoms with van der Waals surface area (Å²) in [7, 11) is -0.252. The Balaban J connectivity index is 1.71. The quantitative estimate of drug-likeness (QED) is 0.773. The van der Waals surface area contributed by atoms with Gasteiger partial charge in [0.15, 0.2) is 9.84 Å². The second kappa shape index (κ2) is 6.57. The van der Waals surface area contributed by atoms with E-state index in [0.717, 1.165) is 0 Å². The molecule has 0 bridgehead atoms. The van der Waals surface area contributed by atoms with E-state index in [0.29, 0.717) is 24.3 Å². The molecule has 2 aliphatic heterocycles. The first-order valence-electron chi connectivity index (χ1n) is 8.14. The zero-order chi connectivity index (χ0) is 18.2. The van der Waals surface area contributed by atoms with Gasteiger partial charge in [-0.2, -0.15) is 0 Å². The van der Waals surface area contributed by atoms with Crippen molar-refractivity contribution in [3.63, 3.8) is 0 Å². The van der Waals surface area contributed by atoms with Crippen molar-refractivity contribution in [2.75, 3.05) is 39.7 Å². The number of halogens is 1. The van der Waals surface area contributed by atoms with Crippen molar-refractivity contribution in [2.24, 2.45) is 5.92 Å². The van der Waals surface area contributed by atoms with E-state index in [4.69, 9.17) is 9.47 Å². The highest BCUT2D eigenvalue weighted by Crippen LogP contribution is 2.45. The van der Waals surface area contributed by atoms with Crippen LogP contribution in [0.1, 0.15) is 12.0 Å². The number of rotatable bonds is 5. The topological polar surface area (TPSA) is 72.9 Å². The van der Waals surface area contributed by atoms with Crippen molar-refractivity contribution in [3.05, 3.63) is 29.6 Å². The molecule has 1 aromatic carbocycles. The zero-order valence-electron chi connectivity index (χ0n) is 14.3. The molecular weight excluding hydrogens is 349 g/mol. The fourth-order valence-corrected chi connectivity index (χ4v) is 6.22. The van der Waals surface area contributed by atoms with Crippen molar-refractivity contribution in [1.29, 1.82) is 0 Å². The first-order chi connectivity index (χ1) is 11.8. The van der Waals surface area contributed by atoms with Gasteiger partial charge in [-0.15, -0.1) is 0 Å². The number of hydrogen-bond donors (Lipinski definition) is 0. The van der Waals surface area contributed by atoms with Crippen LogP contribution in [-0.4, -0.2) is 63.6 Å². The maximum Gasteiger partial charge on any atom is 0.227 e. The average Bonchev–Trinajstić information content (AvgIpc) is 2.78. The molecule has 0 radical (unpaired) electrons. The number of carbonyl (C=O) groups excluding carboxylic acids is 1. The highest BCUT2D eigenvalue weighted by Gasteiger charge is 2.62. The Kier molecular flexibility index (Phi) is 4.76. The lowest BCUT2D eigenvalue weighted by molar-refractivity contribution is -0.137. The van der Waals surface area contributed by atoms with Crippen LogP contribution in [0, 0.1) is 11.7 Å². The van der Waals surface area contributed by atoms with Crippen LogP contribution in [0.5, 0.6) is 5.75 Å². The molecule has 0 saturated carbocycles. The van der Waals surface area contributed by atoms with Crippen molar-refractivity contribution in [2.45, 2.75) is 17.6 Å². The Morgan fingerprint density at radius 1 is 1.36 bits per heavy atom. The van der Waals surface area contributed by atoms with E-state index < -0.39 is 20.4 Å². The first kappa shape index (κ1) is 18.1. The number of benzene rings is 1. The lowest BCUT2D eigenvalue weighted by atomic mass is 9.83. The van der Waals surface area contributed by atoms with E-state index in [1.807, 2.05) is 0 Å². The van der Waals surface area contributed by atoms with Gasteiger partial charge in [-0.25, -0.2) is 12.8 Å². The summed E-state index contributed by atoms with van der Waals surface area (Å²) in [6.07, 6.45) is 0.624. The van der Waals surface area contributed by atoms with Crippen LogP contribution in [0.25, 0.3) is 0 Å². The van der Waals surface area contributed by atoms with E-state index in [-0.39, 0.29) is 37.1 Å². The van der Waals surface area contributed by atoms with Crippen LogP contribution in [0.3, 0.4) is 0 Å². The van der Waals surface area contributed by atoms with Gasteiger partial charge in [0.25, 0.3) is 0 Å². The molecule has 0 N–H and O–H groups in total. The maximum absolute atomic E-state index is 13.3. The molecule has 2 aliphatic rings. The predicted molar refractivity (Wildman–Crippen MR) is 89.7 cm³/mol. The second-order valence-electron chi connectivity index (χ2n) is 6.71. The number of likely N-dealkylation sites (tertiary alicyclic amines) is 1. The number of nitrogens with zero attached hydrogens (tertiary/aromatic N) is 1. The number of methoxy groups -OCH3 is 2. The number of ether oxygens (including phenoxy) is 2.